The van der Waals surface area contributed by atoms with Gasteiger partial charge >= 0.3 is 5.97 Å². The normalized spacial score (nSPS) is 10.6. The van der Waals surface area contributed by atoms with E-state index < -0.39 is 5.97 Å². The van der Waals surface area contributed by atoms with Gasteiger partial charge < -0.3 is 15.5 Å². The first kappa shape index (κ1) is 16.0. The van der Waals surface area contributed by atoms with Gasteiger partial charge in [0.05, 0.1) is 11.3 Å². The molecule has 0 unspecified atom stereocenters. The molecule has 0 aliphatic rings. The smallest absolute Gasteiger partial charge is 0.335 e. The van der Waals surface area contributed by atoms with Gasteiger partial charge in [-0.2, -0.15) is 0 Å². The molecule has 0 bridgehead atoms. The summed E-state index contributed by atoms with van der Waals surface area (Å²) >= 11 is 0. The summed E-state index contributed by atoms with van der Waals surface area (Å²) in [6.45, 7) is 4.02. The summed E-state index contributed by atoms with van der Waals surface area (Å²) in [5.74, 6) is -1.52. The van der Waals surface area contributed by atoms with Crippen LogP contribution in [0.2, 0.25) is 0 Å². The SMILES string of the molecule is CCCC(CCC)C(=O)Nc1cc(C(=O)O)ccc1O. The first-order valence-electron chi connectivity index (χ1n) is 6.86. The van der Waals surface area contributed by atoms with Crippen molar-refractivity contribution in [1.82, 2.24) is 0 Å². The molecule has 3 N–H and O–H groups in total. The van der Waals surface area contributed by atoms with Crippen LogP contribution in [0.1, 0.15) is 49.9 Å². The molecule has 1 aromatic carbocycles. The Morgan fingerprint density at radius 2 is 1.80 bits per heavy atom. The third-order valence-electron chi connectivity index (χ3n) is 3.15. The predicted molar refractivity (Wildman–Crippen MR) is 77.0 cm³/mol. The maximum atomic E-state index is 12.2. The van der Waals surface area contributed by atoms with Crippen molar-refractivity contribution in [3.63, 3.8) is 0 Å². The Hall–Kier alpha value is -2.04. The summed E-state index contributed by atoms with van der Waals surface area (Å²) in [7, 11) is 0. The Kier molecular flexibility index (Phi) is 6.03. The number of amides is 1. The number of benzene rings is 1. The van der Waals surface area contributed by atoms with E-state index in [4.69, 9.17) is 5.11 Å². The minimum atomic E-state index is -1.10. The summed E-state index contributed by atoms with van der Waals surface area (Å²) in [6, 6.07) is 3.83. The van der Waals surface area contributed by atoms with Crippen molar-refractivity contribution >= 4 is 17.6 Å². The molecule has 0 atom stereocenters. The third-order valence-corrected chi connectivity index (χ3v) is 3.15. The van der Waals surface area contributed by atoms with E-state index in [0.717, 1.165) is 25.7 Å². The molecule has 0 aliphatic carbocycles. The Balaban J connectivity index is 2.87. The molecule has 0 fully saturated rings. The van der Waals surface area contributed by atoms with Crippen LogP contribution < -0.4 is 5.32 Å². The van der Waals surface area contributed by atoms with Crippen LogP contribution in [-0.2, 0) is 4.79 Å². The van der Waals surface area contributed by atoms with Crippen molar-refractivity contribution in [3.05, 3.63) is 23.8 Å². The predicted octanol–water partition coefficient (Wildman–Crippen LogP) is 3.25. The summed E-state index contributed by atoms with van der Waals surface area (Å²) in [5, 5.41) is 21.2. The van der Waals surface area contributed by atoms with Crippen LogP contribution in [0, 0.1) is 5.92 Å². The Bertz CT molecular complexity index is 479. The third kappa shape index (κ3) is 4.26. The fraction of sp³-hybridized carbons (Fsp3) is 0.467. The molecule has 0 radical (unpaired) electrons. The Morgan fingerprint density at radius 1 is 1.20 bits per heavy atom. The number of phenolic OH excluding ortho intramolecular Hbond substituents is 1. The number of carboxylic acid groups (broad SMARTS) is 1. The molecule has 0 saturated carbocycles. The molecule has 1 rings (SSSR count). The zero-order valence-corrected chi connectivity index (χ0v) is 11.8. The molecule has 20 heavy (non-hydrogen) atoms. The van der Waals surface area contributed by atoms with Crippen molar-refractivity contribution in [2.45, 2.75) is 39.5 Å². The Labute approximate surface area is 118 Å². The molecule has 0 saturated heterocycles. The molecule has 0 aromatic heterocycles. The number of aromatic carboxylic acids is 1. The monoisotopic (exact) mass is 279 g/mol. The second-order valence-electron chi connectivity index (χ2n) is 4.80. The summed E-state index contributed by atoms with van der Waals surface area (Å²) in [5.41, 5.74) is 0.174. The van der Waals surface area contributed by atoms with Crippen molar-refractivity contribution in [2.75, 3.05) is 5.32 Å². The average Bonchev–Trinajstić information content (AvgIpc) is 2.40. The van der Waals surface area contributed by atoms with Gasteiger partial charge in [-0.25, -0.2) is 4.79 Å². The molecule has 0 heterocycles. The van der Waals surface area contributed by atoms with E-state index in [1.165, 1.54) is 18.2 Å². The maximum Gasteiger partial charge on any atom is 0.335 e. The highest BCUT2D eigenvalue weighted by molar-refractivity contribution is 5.96. The van der Waals surface area contributed by atoms with Gasteiger partial charge in [0, 0.05) is 5.92 Å². The lowest BCUT2D eigenvalue weighted by molar-refractivity contribution is -0.120. The number of hydrogen-bond donors (Lipinski definition) is 3. The van der Waals surface area contributed by atoms with Gasteiger partial charge in [0.15, 0.2) is 0 Å². The number of aromatic hydroxyl groups is 1. The number of phenols is 1. The number of carbonyl (C=O) groups excluding carboxylic acids is 1. The zero-order valence-electron chi connectivity index (χ0n) is 11.8. The van der Waals surface area contributed by atoms with Crippen molar-refractivity contribution in [3.8, 4) is 5.75 Å². The molecule has 1 amide bonds. The second-order valence-corrected chi connectivity index (χ2v) is 4.80. The topological polar surface area (TPSA) is 86.6 Å². The number of anilines is 1. The molecule has 0 aliphatic heterocycles. The van der Waals surface area contributed by atoms with Crippen LogP contribution >= 0.6 is 0 Å². The molecule has 110 valence electrons. The van der Waals surface area contributed by atoms with E-state index >= 15 is 0 Å². The summed E-state index contributed by atoms with van der Waals surface area (Å²) in [4.78, 5) is 23.1. The summed E-state index contributed by atoms with van der Waals surface area (Å²) < 4.78 is 0. The number of carbonyl (C=O) groups is 2. The van der Waals surface area contributed by atoms with Gasteiger partial charge in [0.1, 0.15) is 5.75 Å². The molecule has 5 heteroatoms. The highest BCUT2D eigenvalue weighted by Gasteiger charge is 2.18. The lowest BCUT2D eigenvalue weighted by atomic mass is 9.97. The molecule has 1 aromatic rings. The minimum Gasteiger partial charge on any atom is -0.506 e. The first-order valence-corrected chi connectivity index (χ1v) is 6.86. The van der Waals surface area contributed by atoms with E-state index in [2.05, 4.69) is 5.32 Å². The van der Waals surface area contributed by atoms with Gasteiger partial charge in [-0.3, -0.25) is 4.79 Å². The van der Waals surface area contributed by atoms with E-state index in [0.29, 0.717) is 0 Å². The van der Waals surface area contributed by atoms with Gasteiger partial charge in [-0.15, -0.1) is 0 Å². The zero-order chi connectivity index (χ0) is 15.1. The lowest BCUT2D eigenvalue weighted by Gasteiger charge is -2.16. The van der Waals surface area contributed by atoms with Crippen molar-refractivity contribution < 1.29 is 19.8 Å². The minimum absolute atomic E-state index is 0.0284. The van der Waals surface area contributed by atoms with Crippen LogP contribution in [0.15, 0.2) is 18.2 Å². The number of rotatable bonds is 7. The number of nitrogens with one attached hydrogen (secondary N) is 1. The van der Waals surface area contributed by atoms with E-state index in [1.54, 1.807) is 0 Å². The van der Waals surface area contributed by atoms with Crippen molar-refractivity contribution in [1.29, 1.82) is 0 Å². The average molecular weight is 279 g/mol. The lowest BCUT2D eigenvalue weighted by Crippen LogP contribution is -2.23. The van der Waals surface area contributed by atoms with E-state index in [-0.39, 0.29) is 28.8 Å². The van der Waals surface area contributed by atoms with Gasteiger partial charge in [0.2, 0.25) is 5.91 Å². The summed E-state index contributed by atoms with van der Waals surface area (Å²) in [6.07, 6.45) is 3.36. The van der Waals surface area contributed by atoms with Crippen molar-refractivity contribution in [2.24, 2.45) is 5.92 Å². The van der Waals surface area contributed by atoms with E-state index in [9.17, 15) is 14.7 Å². The molecule has 5 nitrogen and oxygen atoms in total. The largest absolute Gasteiger partial charge is 0.506 e. The molecular weight excluding hydrogens is 258 g/mol. The van der Waals surface area contributed by atoms with Gasteiger partial charge in [-0.1, -0.05) is 26.7 Å². The van der Waals surface area contributed by atoms with Crippen LogP contribution in [0.5, 0.6) is 5.75 Å². The second kappa shape index (κ2) is 7.53. The fourth-order valence-corrected chi connectivity index (χ4v) is 2.11. The number of hydrogen-bond acceptors (Lipinski definition) is 3. The van der Waals surface area contributed by atoms with Crippen LogP contribution in [0.4, 0.5) is 5.69 Å². The highest BCUT2D eigenvalue weighted by atomic mass is 16.4. The van der Waals surface area contributed by atoms with E-state index in [1.807, 2.05) is 13.8 Å². The molecular formula is C15H21NO4. The van der Waals surface area contributed by atoms with Gasteiger partial charge in [0.25, 0.3) is 0 Å². The van der Waals surface area contributed by atoms with Gasteiger partial charge in [-0.05, 0) is 31.0 Å². The maximum absolute atomic E-state index is 12.2. The Morgan fingerprint density at radius 3 is 2.30 bits per heavy atom. The van der Waals surface area contributed by atoms with Crippen LogP contribution in [0.25, 0.3) is 0 Å². The standard InChI is InChI=1S/C15H21NO4/c1-3-5-10(6-4-2)14(18)16-12-9-11(15(19)20)7-8-13(12)17/h7-10,17H,3-6H2,1-2H3,(H,16,18)(H,19,20). The fourth-order valence-electron chi connectivity index (χ4n) is 2.11. The molecule has 0 spiro atoms. The quantitative estimate of drug-likeness (QED) is 0.669. The first-order chi connectivity index (χ1) is 9.49. The highest BCUT2D eigenvalue weighted by Crippen LogP contribution is 2.26. The number of carboxylic acids is 1. The van der Waals surface area contributed by atoms with Crippen LogP contribution in [0.3, 0.4) is 0 Å². The van der Waals surface area contributed by atoms with Crippen LogP contribution in [-0.4, -0.2) is 22.1 Å².